The maximum Gasteiger partial charge on any atom is 0.326 e. The summed E-state index contributed by atoms with van der Waals surface area (Å²) in [6.07, 6.45) is 1.97. The van der Waals surface area contributed by atoms with Gasteiger partial charge in [0.05, 0.1) is 6.04 Å². The van der Waals surface area contributed by atoms with Crippen molar-refractivity contribution in [2.75, 3.05) is 13.1 Å². The zero-order chi connectivity index (χ0) is 34.4. The van der Waals surface area contributed by atoms with Crippen LogP contribution in [0.2, 0.25) is 0 Å². The Labute approximate surface area is 269 Å². The molecular formula is C31H46N7O7P. The van der Waals surface area contributed by atoms with Gasteiger partial charge in [-0.05, 0) is 50.7 Å². The molecule has 1 aliphatic heterocycles. The van der Waals surface area contributed by atoms with Crippen LogP contribution in [0.5, 0.6) is 0 Å². The van der Waals surface area contributed by atoms with Crippen LogP contribution in [0, 0.1) is 0 Å². The van der Waals surface area contributed by atoms with Crippen molar-refractivity contribution in [3.8, 4) is 0 Å². The van der Waals surface area contributed by atoms with Gasteiger partial charge in [0.1, 0.15) is 18.1 Å². The van der Waals surface area contributed by atoms with Gasteiger partial charge in [-0.3, -0.25) is 28.6 Å². The van der Waals surface area contributed by atoms with Gasteiger partial charge in [-0.25, -0.2) is 4.79 Å². The van der Waals surface area contributed by atoms with E-state index in [0.717, 1.165) is 15.8 Å². The molecule has 46 heavy (non-hydrogen) atoms. The minimum Gasteiger partial charge on any atom is -0.480 e. The number of carboxylic acid groups (broad SMARTS) is 2. The summed E-state index contributed by atoms with van der Waals surface area (Å²) in [5.41, 5.74) is 22.6. The minimum atomic E-state index is -3.64. The largest absolute Gasteiger partial charge is 0.480 e. The van der Waals surface area contributed by atoms with E-state index in [4.69, 9.17) is 28.0 Å². The lowest BCUT2D eigenvalue weighted by Crippen LogP contribution is -2.53. The predicted molar refractivity (Wildman–Crippen MR) is 176 cm³/mol. The molecular weight excluding hydrogens is 613 g/mol. The summed E-state index contributed by atoms with van der Waals surface area (Å²) >= 11 is 0. The molecule has 0 bridgehead atoms. The molecule has 2 amide bonds. The maximum atomic E-state index is 14.7. The Morgan fingerprint density at radius 3 is 1.89 bits per heavy atom. The molecule has 15 heteroatoms. The Kier molecular flexibility index (Phi) is 14.9. The Balaban J connectivity index is 0.000000521. The van der Waals surface area contributed by atoms with Crippen molar-refractivity contribution in [2.24, 2.45) is 27.9 Å². The number of rotatable bonds is 14. The summed E-state index contributed by atoms with van der Waals surface area (Å²) < 4.78 is 15.8. The van der Waals surface area contributed by atoms with E-state index in [0.29, 0.717) is 38.8 Å². The highest BCUT2D eigenvalue weighted by atomic mass is 31.2. The fraction of sp³-hybridized carbons (Fsp3) is 0.452. The minimum absolute atomic E-state index is 0.0129. The van der Waals surface area contributed by atoms with Crippen molar-refractivity contribution in [2.45, 2.75) is 76.0 Å². The Hall–Kier alpha value is -4.26. The second-order valence-corrected chi connectivity index (χ2v) is 14.0. The molecule has 1 heterocycles. The van der Waals surface area contributed by atoms with Crippen molar-refractivity contribution in [3.05, 3.63) is 71.8 Å². The third-order valence-corrected chi connectivity index (χ3v) is 10.4. The number of hydrogen-bond donors (Lipinski definition) is 6. The van der Waals surface area contributed by atoms with E-state index in [1.807, 2.05) is 60.7 Å². The molecule has 14 nitrogen and oxygen atoms in total. The number of amides is 2. The molecule has 3 rings (SSSR count). The quantitative estimate of drug-likeness (QED) is 0.0738. The van der Waals surface area contributed by atoms with Crippen LogP contribution < -0.4 is 22.9 Å². The van der Waals surface area contributed by atoms with Crippen LogP contribution in [-0.2, 0) is 36.1 Å². The fourth-order valence-corrected chi connectivity index (χ4v) is 8.28. The van der Waals surface area contributed by atoms with E-state index in [9.17, 15) is 28.8 Å². The molecule has 252 valence electrons. The number of likely N-dealkylation sites (tertiary alicyclic amines) is 1. The standard InChI is InChI=1S/C25H32N3O5P.C6H14N4O2/c1-18(26)23(29)27-15-9-14-22(27)24(30)28(19(2)25(31)32)34(33,16-20-10-5-3-6-11-20)17-21-12-7-4-8-13-21;7-4(5(11)12)2-1-3-10-6(8)9/h3-8,10-13,18-19,22H,9,14-17,26H2,1-2H3,(H,31,32);4H,1-3,7H2,(H,11,12)(H4,8,9,10)/t18-,19-,22-;4-/m00/s1. The molecule has 10 N–H and O–H groups in total. The van der Waals surface area contributed by atoms with Crippen LogP contribution in [0.3, 0.4) is 0 Å². The van der Waals surface area contributed by atoms with Crippen LogP contribution in [0.15, 0.2) is 65.7 Å². The molecule has 0 aromatic heterocycles. The number of carboxylic acids is 2. The number of carbonyl (C=O) groups excluding carboxylic acids is 2. The Morgan fingerprint density at radius 2 is 1.46 bits per heavy atom. The van der Waals surface area contributed by atoms with E-state index in [2.05, 4.69) is 4.99 Å². The van der Waals surface area contributed by atoms with Gasteiger partial charge in [-0.15, -0.1) is 0 Å². The van der Waals surface area contributed by atoms with Crippen molar-refractivity contribution >= 4 is 37.0 Å². The maximum absolute atomic E-state index is 14.7. The van der Waals surface area contributed by atoms with Gasteiger partial charge in [0.2, 0.25) is 5.91 Å². The molecule has 1 saturated heterocycles. The average molecular weight is 660 g/mol. The second-order valence-electron chi connectivity index (χ2n) is 11.2. The first-order valence-corrected chi connectivity index (χ1v) is 17.0. The van der Waals surface area contributed by atoms with Gasteiger partial charge >= 0.3 is 11.9 Å². The van der Waals surface area contributed by atoms with E-state index in [-0.39, 0.29) is 24.2 Å². The number of carbonyl (C=O) groups is 4. The third-order valence-electron chi connectivity index (χ3n) is 7.38. The van der Waals surface area contributed by atoms with Crippen LogP contribution in [0.25, 0.3) is 0 Å². The van der Waals surface area contributed by atoms with Crippen molar-refractivity contribution < 1.29 is 34.0 Å². The molecule has 1 fully saturated rings. The molecule has 0 saturated carbocycles. The molecule has 1 aliphatic rings. The lowest BCUT2D eigenvalue weighted by atomic mass is 10.1. The normalized spacial score (nSPS) is 16.3. The van der Waals surface area contributed by atoms with Crippen molar-refractivity contribution in [1.29, 1.82) is 0 Å². The zero-order valence-corrected chi connectivity index (χ0v) is 27.2. The smallest absolute Gasteiger partial charge is 0.326 e. The van der Waals surface area contributed by atoms with Crippen molar-refractivity contribution in [3.63, 3.8) is 0 Å². The predicted octanol–water partition coefficient (Wildman–Crippen LogP) is 1.76. The van der Waals surface area contributed by atoms with Gasteiger partial charge < -0.3 is 38.0 Å². The molecule has 2 aromatic rings. The van der Waals surface area contributed by atoms with Gasteiger partial charge in [-0.1, -0.05) is 60.7 Å². The topological polar surface area (TPSA) is 249 Å². The molecule has 4 atom stereocenters. The summed E-state index contributed by atoms with van der Waals surface area (Å²) in [6.45, 7) is 3.70. The summed E-state index contributed by atoms with van der Waals surface area (Å²) in [7, 11) is -3.64. The number of guanidine groups is 1. The summed E-state index contributed by atoms with van der Waals surface area (Å²) in [4.78, 5) is 54.0. The van der Waals surface area contributed by atoms with Gasteiger partial charge in [-0.2, -0.15) is 0 Å². The van der Waals surface area contributed by atoms with Crippen LogP contribution in [0.1, 0.15) is 50.7 Å². The van der Waals surface area contributed by atoms with Crippen LogP contribution in [0.4, 0.5) is 0 Å². The monoisotopic (exact) mass is 659 g/mol. The highest BCUT2D eigenvalue weighted by molar-refractivity contribution is 7.60. The van der Waals surface area contributed by atoms with E-state index in [1.165, 1.54) is 11.8 Å². The van der Waals surface area contributed by atoms with Gasteiger partial charge in [0.15, 0.2) is 13.3 Å². The first kappa shape index (κ1) is 37.9. The second kappa shape index (κ2) is 18.0. The molecule has 0 radical (unpaired) electrons. The number of aliphatic carboxylic acids is 2. The highest BCUT2D eigenvalue weighted by Crippen LogP contribution is 2.57. The van der Waals surface area contributed by atoms with Gasteiger partial charge in [0.25, 0.3) is 5.91 Å². The lowest BCUT2D eigenvalue weighted by Gasteiger charge is -2.38. The molecule has 0 spiro atoms. The number of aliphatic imine (C=N–C) groups is 1. The fourth-order valence-electron chi connectivity index (χ4n) is 5.08. The van der Waals surface area contributed by atoms with E-state index < -0.39 is 49.3 Å². The lowest BCUT2D eigenvalue weighted by molar-refractivity contribution is -0.148. The van der Waals surface area contributed by atoms with Gasteiger partial charge in [0, 0.05) is 25.4 Å². The Bertz CT molecular complexity index is 1340. The summed E-state index contributed by atoms with van der Waals surface area (Å²) in [6, 6.07) is 14.3. The van der Waals surface area contributed by atoms with Crippen LogP contribution in [-0.4, -0.2) is 86.8 Å². The number of nitrogens with two attached hydrogens (primary N) is 4. The molecule has 0 unspecified atom stereocenters. The molecule has 2 aromatic carbocycles. The average Bonchev–Trinajstić information content (AvgIpc) is 3.50. The first-order valence-electron chi connectivity index (χ1n) is 15.0. The zero-order valence-electron chi connectivity index (χ0n) is 26.3. The number of benzene rings is 2. The summed E-state index contributed by atoms with van der Waals surface area (Å²) in [5.74, 6) is -3.22. The SMILES string of the molecule is C[C@H](N)C(=O)N1CCC[C@H]1C(=O)N([C@@H](C)C(=O)O)P(=O)(Cc1ccccc1)Cc1ccccc1.NC(N)=NCCC[C@H](N)C(=O)O. The number of hydrogen-bond acceptors (Lipinski definition) is 8. The third kappa shape index (κ3) is 11.3. The number of nitrogens with zero attached hydrogens (tertiary/aromatic N) is 3. The van der Waals surface area contributed by atoms with Crippen molar-refractivity contribution in [1.82, 2.24) is 9.57 Å². The van der Waals surface area contributed by atoms with E-state index in [1.54, 1.807) is 6.92 Å². The summed E-state index contributed by atoms with van der Waals surface area (Å²) in [5, 5.41) is 18.3. The molecule has 0 aliphatic carbocycles. The van der Waals surface area contributed by atoms with Crippen LogP contribution >= 0.6 is 7.29 Å². The van der Waals surface area contributed by atoms with E-state index >= 15 is 0 Å². The highest BCUT2D eigenvalue weighted by Gasteiger charge is 2.46. The Morgan fingerprint density at radius 1 is 0.935 bits per heavy atom. The first-order chi connectivity index (χ1) is 21.7.